The number of carbonyl (C=O) groups is 1. The summed E-state index contributed by atoms with van der Waals surface area (Å²) >= 11 is 0. The molecule has 0 unspecified atom stereocenters. The third-order valence-electron chi connectivity index (χ3n) is 4.01. The highest BCUT2D eigenvalue weighted by atomic mass is 16.6. The molecule has 0 bridgehead atoms. The molecular weight excluding hydrogens is 366 g/mol. The van der Waals surface area contributed by atoms with Crippen LogP contribution in [0.25, 0.3) is 0 Å². The molecule has 0 saturated carbocycles. The maximum atomic E-state index is 12.1. The molecule has 0 saturated heterocycles. The van der Waals surface area contributed by atoms with Crippen LogP contribution < -0.4 is 10.3 Å². The van der Waals surface area contributed by atoms with Crippen molar-refractivity contribution in [1.82, 2.24) is 5.43 Å². The van der Waals surface area contributed by atoms with E-state index in [2.05, 4.69) is 10.5 Å². The molecular formula is C18H19N5O5. The number of hydrazone groups is 1. The van der Waals surface area contributed by atoms with E-state index in [1.54, 1.807) is 6.07 Å². The zero-order chi connectivity index (χ0) is 20.7. The molecule has 10 nitrogen and oxygen atoms in total. The minimum Gasteiger partial charge on any atom is -0.372 e. The molecule has 0 atom stereocenters. The highest BCUT2D eigenvalue weighted by Crippen LogP contribution is 2.24. The summed E-state index contributed by atoms with van der Waals surface area (Å²) < 4.78 is 0. The predicted molar refractivity (Wildman–Crippen MR) is 105 cm³/mol. The van der Waals surface area contributed by atoms with E-state index in [1.807, 2.05) is 18.7 Å². The van der Waals surface area contributed by atoms with E-state index < -0.39 is 15.8 Å². The van der Waals surface area contributed by atoms with Crippen molar-refractivity contribution < 1.29 is 14.6 Å². The van der Waals surface area contributed by atoms with Gasteiger partial charge in [-0.2, -0.15) is 5.10 Å². The second-order valence-corrected chi connectivity index (χ2v) is 5.68. The quantitative estimate of drug-likeness (QED) is 0.422. The highest BCUT2D eigenvalue weighted by Gasteiger charge is 2.14. The Morgan fingerprint density at radius 1 is 1.07 bits per heavy atom. The van der Waals surface area contributed by atoms with Gasteiger partial charge in [0, 0.05) is 54.2 Å². The second-order valence-electron chi connectivity index (χ2n) is 5.68. The minimum atomic E-state index is -0.630. The monoisotopic (exact) mass is 385 g/mol. The number of carbonyl (C=O) groups excluding carboxylic acids is 1. The average molecular weight is 385 g/mol. The molecule has 10 heteroatoms. The standard InChI is InChI=1S/C18H19N5O5/c1-3-21(4-2)17-9-8-16(23(27)28)11-14(17)12-19-20-18(24)13-6-5-7-15(10-13)22(25)26/h5-12H,3-4H2,1-2H3,(H,20,24)/b19-12-. The molecule has 0 heterocycles. The van der Waals surface area contributed by atoms with Crippen LogP contribution in [-0.4, -0.2) is 35.1 Å². The molecule has 28 heavy (non-hydrogen) atoms. The lowest BCUT2D eigenvalue weighted by molar-refractivity contribution is -0.385. The Morgan fingerprint density at radius 2 is 1.71 bits per heavy atom. The zero-order valence-electron chi connectivity index (χ0n) is 15.4. The van der Waals surface area contributed by atoms with Crippen LogP contribution in [0.15, 0.2) is 47.6 Å². The Kier molecular flexibility index (Phi) is 6.74. The summed E-state index contributed by atoms with van der Waals surface area (Å²) in [6.07, 6.45) is 1.32. The molecule has 0 aromatic heterocycles. The van der Waals surface area contributed by atoms with Gasteiger partial charge < -0.3 is 4.90 Å². The molecule has 0 aliphatic heterocycles. The van der Waals surface area contributed by atoms with Gasteiger partial charge >= 0.3 is 0 Å². The highest BCUT2D eigenvalue weighted by molar-refractivity contribution is 5.96. The summed E-state index contributed by atoms with van der Waals surface area (Å²) in [6, 6.07) is 9.65. The Morgan fingerprint density at radius 3 is 2.32 bits per heavy atom. The van der Waals surface area contributed by atoms with Gasteiger partial charge in [-0.25, -0.2) is 5.43 Å². The molecule has 0 fully saturated rings. The summed E-state index contributed by atoms with van der Waals surface area (Å²) in [5, 5.41) is 25.7. The maximum absolute atomic E-state index is 12.1. The lowest BCUT2D eigenvalue weighted by Gasteiger charge is -2.22. The van der Waals surface area contributed by atoms with Crippen molar-refractivity contribution >= 4 is 29.2 Å². The largest absolute Gasteiger partial charge is 0.372 e. The molecule has 0 spiro atoms. The van der Waals surface area contributed by atoms with Crippen molar-refractivity contribution in [3.8, 4) is 0 Å². The Bertz CT molecular complexity index is 924. The van der Waals surface area contributed by atoms with Crippen LogP contribution in [0.3, 0.4) is 0 Å². The Hall–Kier alpha value is -3.82. The molecule has 1 N–H and O–H groups in total. The third kappa shape index (κ3) is 4.87. The average Bonchev–Trinajstić information content (AvgIpc) is 2.69. The number of benzene rings is 2. The van der Waals surface area contributed by atoms with Crippen molar-refractivity contribution in [2.75, 3.05) is 18.0 Å². The van der Waals surface area contributed by atoms with Crippen LogP contribution in [0.5, 0.6) is 0 Å². The van der Waals surface area contributed by atoms with Crippen LogP contribution in [0.2, 0.25) is 0 Å². The van der Waals surface area contributed by atoms with Crippen molar-refractivity contribution in [2.24, 2.45) is 5.10 Å². The summed E-state index contributed by atoms with van der Waals surface area (Å²) in [4.78, 5) is 34.9. The topological polar surface area (TPSA) is 131 Å². The van der Waals surface area contributed by atoms with Gasteiger partial charge in [0.2, 0.25) is 0 Å². The molecule has 146 valence electrons. The minimum absolute atomic E-state index is 0.0781. The molecule has 0 radical (unpaired) electrons. The van der Waals surface area contributed by atoms with Crippen molar-refractivity contribution in [2.45, 2.75) is 13.8 Å². The third-order valence-corrected chi connectivity index (χ3v) is 4.01. The van der Waals surface area contributed by atoms with Gasteiger partial charge in [-0.1, -0.05) is 6.07 Å². The van der Waals surface area contributed by atoms with E-state index in [-0.39, 0.29) is 16.9 Å². The molecule has 2 aromatic carbocycles. The van der Waals surface area contributed by atoms with E-state index in [9.17, 15) is 25.0 Å². The number of nitrogens with one attached hydrogen (secondary N) is 1. The first-order chi connectivity index (χ1) is 13.4. The van der Waals surface area contributed by atoms with E-state index in [4.69, 9.17) is 0 Å². The van der Waals surface area contributed by atoms with Gasteiger partial charge in [0.25, 0.3) is 17.3 Å². The fourth-order valence-electron chi connectivity index (χ4n) is 2.60. The summed E-state index contributed by atoms with van der Waals surface area (Å²) in [5.74, 6) is -0.630. The number of nitro groups is 2. The number of anilines is 1. The zero-order valence-corrected chi connectivity index (χ0v) is 15.4. The van der Waals surface area contributed by atoms with E-state index in [1.165, 1.54) is 36.5 Å². The van der Waals surface area contributed by atoms with Crippen molar-refractivity contribution in [3.05, 3.63) is 73.8 Å². The molecule has 0 aliphatic rings. The number of nitro benzene ring substituents is 2. The normalized spacial score (nSPS) is 10.6. The molecule has 1 amide bonds. The van der Waals surface area contributed by atoms with E-state index in [0.717, 1.165) is 11.8 Å². The van der Waals surface area contributed by atoms with Crippen molar-refractivity contribution in [1.29, 1.82) is 0 Å². The van der Waals surface area contributed by atoms with Crippen LogP contribution in [0.1, 0.15) is 29.8 Å². The van der Waals surface area contributed by atoms with Crippen LogP contribution in [-0.2, 0) is 0 Å². The number of hydrogen-bond acceptors (Lipinski definition) is 7. The Labute approximate surface area is 160 Å². The fourth-order valence-corrected chi connectivity index (χ4v) is 2.60. The second kappa shape index (κ2) is 9.21. The Balaban J connectivity index is 2.25. The van der Waals surface area contributed by atoms with Crippen LogP contribution in [0, 0.1) is 20.2 Å². The van der Waals surface area contributed by atoms with Gasteiger partial charge in [0.15, 0.2) is 0 Å². The summed E-state index contributed by atoms with van der Waals surface area (Å²) in [5.41, 5.74) is 3.27. The lowest BCUT2D eigenvalue weighted by atomic mass is 10.1. The lowest BCUT2D eigenvalue weighted by Crippen LogP contribution is -2.23. The SMILES string of the molecule is CCN(CC)c1ccc([N+](=O)[O-])cc1/C=N\NC(=O)c1cccc([N+](=O)[O-])c1. The maximum Gasteiger partial charge on any atom is 0.271 e. The smallest absolute Gasteiger partial charge is 0.271 e. The summed E-state index contributed by atoms with van der Waals surface area (Å²) in [6.45, 7) is 5.29. The number of amides is 1. The van der Waals surface area contributed by atoms with Gasteiger partial charge in [-0.15, -0.1) is 0 Å². The fraction of sp³-hybridized carbons (Fsp3) is 0.222. The number of nitrogens with zero attached hydrogens (tertiary/aromatic N) is 4. The number of rotatable bonds is 8. The van der Waals surface area contributed by atoms with Gasteiger partial charge in [0.05, 0.1) is 16.1 Å². The van der Waals surface area contributed by atoms with Gasteiger partial charge in [-0.3, -0.25) is 25.0 Å². The van der Waals surface area contributed by atoms with Gasteiger partial charge in [-0.05, 0) is 26.0 Å². The molecule has 2 rings (SSSR count). The molecule has 2 aromatic rings. The van der Waals surface area contributed by atoms with E-state index in [0.29, 0.717) is 18.7 Å². The summed E-state index contributed by atoms with van der Waals surface area (Å²) in [7, 11) is 0. The van der Waals surface area contributed by atoms with E-state index >= 15 is 0 Å². The first kappa shape index (κ1) is 20.5. The predicted octanol–water partition coefficient (Wildman–Crippen LogP) is 3.11. The first-order valence-electron chi connectivity index (χ1n) is 8.48. The van der Waals surface area contributed by atoms with Crippen LogP contribution in [0.4, 0.5) is 17.1 Å². The van der Waals surface area contributed by atoms with Crippen molar-refractivity contribution in [3.63, 3.8) is 0 Å². The van der Waals surface area contributed by atoms with Crippen LogP contribution >= 0.6 is 0 Å². The van der Waals surface area contributed by atoms with Gasteiger partial charge in [0.1, 0.15) is 0 Å². The number of non-ortho nitro benzene ring substituents is 2. The number of hydrogen-bond donors (Lipinski definition) is 1. The first-order valence-corrected chi connectivity index (χ1v) is 8.48. The molecule has 0 aliphatic carbocycles.